The van der Waals surface area contributed by atoms with E-state index in [0.29, 0.717) is 16.7 Å². The van der Waals surface area contributed by atoms with E-state index in [2.05, 4.69) is 0 Å². The summed E-state index contributed by atoms with van der Waals surface area (Å²) < 4.78 is 0. The lowest BCUT2D eigenvalue weighted by molar-refractivity contribution is -0.143. The third-order valence-electron chi connectivity index (χ3n) is 7.31. The molecule has 40 heavy (non-hydrogen) atoms. The first kappa shape index (κ1) is 28.0. The van der Waals surface area contributed by atoms with Gasteiger partial charge < -0.3 is 20.6 Å². The minimum atomic E-state index is -1.44. The number of nitrogen functional groups attached to an aromatic ring is 1. The van der Waals surface area contributed by atoms with Crippen LogP contribution >= 0.6 is 0 Å². The molecule has 0 bridgehead atoms. The molecule has 0 unspecified atom stereocenters. The number of aliphatic carboxylic acids is 1. The molecule has 4 rings (SSSR count). The Morgan fingerprint density at radius 2 is 1.55 bits per heavy atom. The molecule has 1 fully saturated rings. The van der Waals surface area contributed by atoms with E-state index >= 15 is 0 Å². The van der Waals surface area contributed by atoms with Gasteiger partial charge in [0.15, 0.2) is 0 Å². The van der Waals surface area contributed by atoms with E-state index < -0.39 is 41.9 Å². The van der Waals surface area contributed by atoms with Crippen LogP contribution in [0.25, 0.3) is 0 Å². The molecule has 2 atom stereocenters. The summed E-state index contributed by atoms with van der Waals surface area (Å²) in [5.41, 5.74) is 6.55. The van der Waals surface area contributed by atoms with Crippen molar-refractivity contribution >= 4 is 29.7 Å². The number of amidine groups is 1. The van der Waals surface area contributed by atoms with Crippen molar-refractivity contribution in [2.45, 2.75) is 31.5 Å². The van der Waals surface area contributed by atoms with Gasteiger partial charge in [0, 0.05) is 19.2 Å². The summed E-state index contributed by atoms with van der Waals surface area (Å²) in [5.74, 6) is -2.37. The van der Waals surface area contributed by atoms with Gasteiger partial charge >= 0.3 is 12.0 Å². The van der Waals surface area contributed by atoms with Gasteiger partial charge in [-0.25, -0.2) is 4.79 Å². The fourth-order valence-corrected chi connectivity index (χ4v) is 4.93. The number of carbonyl (C=O) groups is 4. The number of carbonyl (C=O) groups excluding carboxylic acids is 3. The Labute approximate surface area is 232 Å². The zero-order chi connectivity index (χ0) is 29.0. The summed E-state index contributed by atoms with van der Waals surface area (Å²) in [6.07, 6.45) is -0.339. The van der Waals surface area contributed by atoms with E-state index in [4.69, 9.17) is 11.1 Å². The molecule has 0 radical (unpaired) electrons. The number of rotatable bonds is 10. The molecule has 10 heteroatoms. The van der Waals surface area contributed by atoms with E-state index in [9.17, 15) is 24.3 Å². The van der Waals surface area contributed by atoms with Gasteiger partial charge in [-0.15, -0.1) is 0 Å². The highest BCUT2D eigenvalue weighted by Crippen LogP contribution is 2.39. The van der Waals surface area contributed by atoms with Crippen LogP contribution in [0.1, 0.15) is 41.6 Å². The van der Waals surface area contributed by atoms with Crippen molar-refractivity contribution in [3.63, 3.8) is 0 Å². The Morgan fingerprint density at radius 3 is 2.10 bits per heavy atom. The van der Waals surface area contributed by atoms with Crippen LogP contribution in [0, 0.1) is 5.41 Å². The average molecular weight is 542 g/mol. The summed E-state index contributed by atoms with van der Waals surface area (Å²) in [6.45, 7) is 1.19. The molecular weight excluding hydrogens is 510 g/mol. The SMILES string of the molecule is CN(C(=O)CN1C(=O)N(Cc2ccccc2)[C@@](C)(c2ccc(C(=N)N)cc2)C1=O)[C@@H](CC(=O)O)c1ccccc1. The first-order valence-corrected chi connectivity index (χ1v) is 12.7. The van der Waals surface area contributed by atoms with Gasteiger partial charge in [-0.1, -0.05) is 84.9 Å². The smallest absolute Gasteiger partial charge is 0.328 e. The molecule has 206 valence electrons. The highest BCUT2D eigenvalue weighted by Gasteiger charge is 2.55. The van der Waals surface area contributed by atoms with Crippen molar-refractivity contribution in [2.24, 2.45) is 5.73 Å². The third kappa shape index (κ3) is 5.42. The minimum absolute atomic E-state index is 0.114. The van der Waals surface area contributed by atoms with E-state index in [0.717, 1.165) is 10.5 Å². The summed E-state index contributed by atoms with van der Waals surface area (Å²) in [4.78, 5) is 56.4. The predicted molar refractivity (Wildman–Crippen MR) is 148 cm³/mol. The number of nitrogens with two attached hydrogens (primary N) is 1. The molecule has 1 saturated heterocycles. The van der Waals surface area contributed by atoms with Gasteiger partial charge in [0.25, 0.3) is 5.91 Å². The molecule has 4 N–H and O–H groups in total. The quantitative estimate of drug-likeness (QED) is 0.204. The van der Waals surface area contributed by atoms with Gasteiger partial charge in [-0.05, 0) is 23.6 Å². The molecule has 10 nitrogen and oxygen atoms in total. The van der Waals surface area contributed by atoms with Crippen LogP contribution in [0.3, 0.4) is 0 Å². The Balaban J connectivity index is 1.67. The third-order valence-corrected chi connectivity index (χ3v) is 7.31. The zero-order valence-corrected chi connectivity index (χ0v) is 22.3. The maximum absolute atomic E-state index is 14.0. The lowest BCUT2D eigenvalue weighted by Crippen LogP contribution is -2.45. The standard InChI is InChI=1S/C30H31N5O5/c1-30(23-15-13-22(14-16-23)27(31)32)28(39)34(29(40)35(30)18-20-9-5-3-6-10-20)19-25(36)33(2)24(17-26(37)38)21-11-7-4-8-12-21/h3-16,24H,17-19H2,1-2H3,(H3,31,32)(H,37,38)/t24-,30-/m0/s1. The maximum atomic E-state index is 14.0. The van der Waals surface area contributed by atoms with E-state index in [-0.39, 0.29) is 18.8 Å². The number of nitrogens with zero attached hydrogens (tertiary/aromatic N) is 3. The van der Waals surface area contributed by atoms with Crippen molar-refractivity contribution in [3.05, 3.63) is 107 Å². The van der Waals surface area contributed by atoms with Crippen LogP contribution in [0.5, 0.6) is 0 Å². The monoisotopic (exact) mass is 541 g/mol. The van der Waals surface area contributed by atoms with Crippen molar-refractivity contribution in [3.8, 4) is 0 Å². The Bertz CT molecular complexity index is 1430. The molecule has 1 heterocycles. The molecule has 1 aliphatic heterocycles. The largest absolute Gasteiger partial charge is 0.481 e. The number of carboxylic acids is 1. The van der Waals surface area contributed by atoms with Crippen molar-refractivity contribution < 1.29 is 24.3 Å². The van der Waals surface area contributed by atoms with Crippen molar-refractivity contribution in [2.75, 3.05) is 13.6 Å². The molecule has 3 aromatic rings. The second-order valence-electron chi connectivity index (χ2n) is 9.84. The topological polar surface area (TPSA) is 148 Å². The first-order chi connectivity index (χ1) is 19.0. The number of imide groups is 1. The highest BCUT2D eigenvalue weighted by atomic mass is 16.4. The summed E-state index contributed by atoms with van der Waals surface area (Å²) >= 11 is 0. The van der Waals surface area contributed by atoms with Crippen LogP contribution in [0.15, 0.2) is 84.9 Å². The van der Waals surface area contributed by atoms with Gasteiger partial charge in [-0.3, -0.25) is 24.7 Å². The number of benzene rings is 3. The lowest BCUT2D eigenvalue weighted by Gasteiger charge is -2.32. The molecule has 0 spiro atoms. The summed E-state index contributed by atoms with van der Waals surface area (Å²) in [6, 6.07) is 23.0. The number of likely N-dealkylation sites (N-methyl/N-ethyl adjacent to an activating group) is 1. The van der Waals surface area contributed by atoms with Crippen LogP contribution in [0.4, 0.5) is 4.79 Å². The van der Waals surface area contributed by atoms with Crippen LogP contribution in [-0.2, 0) is 26.5 Å². The number of urea groups is 1. The molecular formula is C30H31N5O5. The zero-order valence-electron chi connectivity index (χ0n) is 22.3. The predicted octanol–water partition coefficient (Wildman–Crippen LogP) is 3.32. The maximum Gasteiger partial charge on any atom is 0.328 e. The van der Waals surface area contributed by atoms with Crippen LogP contribution < -0.4 is 5.73 Å². The normalized spacial score (nSPS) is 17.6. The molecule has 1 aliphatic rings. The van der Waals surface area contributed by atoms with Crippen molar-refractivity contribution in [1.29, 1.82) is 5.41 Å². The minimum Gasteiger partial charge on any atom is -0.481 e. The Morgan fingerprint density at radius 1 is 0.975 bits per heavy atom. The Hall–Kier alpha value is -4.99. The molecule has 0 saturated carbocycles. The van der Waals surface area contributed by atoms with Gasteiger partial charge in [0.05, 0.1) is 12.5 Å². The van der Waals surface area contributed by atoms with Gasteiger partial charge in [-0.2, -0.15) is 0 Å². The van der Waals surface area contributed by atoms with Gasteiger partial charge in [0.1, 0.15) is 17.9 Å². The first-order valence-electron chi connectivity index (χ1n) is 12.7. The fourth-order valence-electron chi connectivity index (χ4n) is 4.93. The average Bonchev–Trinajstić information content (AvgIpc) is 3.13. The number of amides is 4. The molecule has 4 amide bonds. The van der Waals surface area contributed by atoms with E-state index in [1.807, 2.05) is 30.3 Å². The highest BCUT2D eigenvalue weighted by molar-refractivity contribution is 6.09. The van der Waals surface area contributed by atoms with Gasteiger partial charge in [0.2, 0.25) is 5.91 Å². The van der Waals surface area contributed by atoms with Crippen molar-refractivity contribution in [1.82, 2.24) is 14.7 Å². The molecule has 0 aromatic heterocycles. The molecule has 3 aromatic carbocycles. The number of hydrogen-bond donors (Lipinski definition) is 3. The lowest BCUT2D eigenvalue weighted by atomic mass is 9.89. The van der Waals surface area contributed by atoms with E-state index in [1.54, 1.807) is 61.5 Å². The van der Waals surface area contributed by atoms with E-state index in [1.165, 1.54) is 16.8 Å². The number of carboxylic acid groups (broad SMARTS) is 1. The summed E-state index contributed by atoms with van der Waals surface area (Å²) in [7, 11) is 1.47. The number of hydrogen-bond acceptors (Lipinski definition) is 5. The van der Waals surface area contributed by atoms with Crippen LogP contribution in [-0.4, -0.2) is 63.0 Å². The molecule has 0 aliphatic carbocycles. The second kappa shape index (κ2) is 11.4. The van der Waals surface area contributed by atoms with Crippen LogP contribution in [0.2, 0.25) is 0 Å². The number of nitrogens with one attached hydrogen (secondary N) is 1. The summed E-state index contributed by atoms with van der Waals surface area (Å²) in [5, 5.41) is 17.2. The second-order valence-corrected chi connectivity index (χ2v) is 9.84. The Kier molecular flexibility index (Phi) is 7.99. The fraction of sp³-hybridized carbons (Fsp3) is 0.233.